The largest absolute Gasteiger partial charge is 0.322 e. The van der Waals surface area contributed by atoms with E-state index in [1.54, 1.807) is 29.2 Å². The van der Waals surface area contributed by atoms with E-state index in [4.69, 9.17) is 11.6 Å². The number of nitrogens with zero attached hydrogens (tertiary/aromatic N) is 2. The normalized spacial score (nSPS) is 13.7. The van der Waals surface area contributed by atoms with Gasteiger partial charge < -0.3 is 10.2 Å². The molecule has 21 heavy (non-hydrogen) atoms. The Morgan fingerprint density at radius 1 is 1.52 bits per heavy atom. The fourth-order valence-corrected chi connectivity index (χ4v) is 2.62. The van der Waals surface area contributed by atoms with Gasteiger partial charge in [0.25, 0.3) is 0 Å². The lowest BCUT2D eigenvalue weighted by atomic mass is 10.1. The summed E-state index contributed by atoms with van der Waals surface area (Å²) in [6, 6.07) is 6.97. The summed E-state index contributed by atoms with van der Waals surface area (Å²) >= 11 is 5.92. The highest BCUT2D eigenvalue weighted by Gasteiger charge is 2.24. The number of hydrogen-bond acceptors (Lipinski definition) is 2. The van der Waals surface area contributed by atoms with Gasteiger partial charge in [-0.2, -0.15) is 5.10 Å². The van der Waals surface area contributed by atoms with Crippen LogP contribution in [0, 0.1) is 0 Å². The molecule has 1 aromatic carbocycles. The molecule has 0 aliphatic carbocycles. The average molecular weight is 303 g/mol. The Balaban J connectivity index is 1.73. The first-order chi connectivity index (χ1) is 10.2. The Morgan fingerprint density at radius 3 is 3.14 bits per heavy atom. The summed E-state index contributed by atoms with van der Waals surface area (Å²) in [5.74, 6) is 0. The molecular formula is C15H15ClN4O. The number of amides is 2. The molecule has 0 saturated heterocycles. The number of aromatic amines is 1. The summed E-state index contributed by atoms with van der Waals surface area (Å²) in [6.45, 7) is 4.92. The van der Waals surface area contributed by atoms with Gasteiger partial charge in [0.1, 0.15) is 0 Å². The van der Waals surface area contributed by atoms with Crippen molar-refractivity contribution < 1.29 is 4.79 Å². The molecule has 2 amide bonds. The predicted molar refractivity (Wildman–Crippen MR) is 83.3 cm³/mol. The van der Waals surface area contributed by atoms with Crippen molar-refractivity contribution in [3.8, 4) is 0 Å². The number of anilines is 1. The Kier molecular flexibility index (Phi) is 3.66. The lowest BCUT2D eigenvalue weighted by Crippen LogP contribution is -2.38. The number of halogens is 1. The van der Waals surface area contributed by atoms with Gasteiger partial charge in [0.05, 0.1) is 12.2 Å². The number of nitrogens with one attached hydrogen (secondary N) is 2. The van der Waals surface area contributed by atoms with E-state index < -0.39 is 0 Å². The summed E-state index contributed by atoms with van der Waals surface area (Å²) in [6.07, 6.45) is 2.47. The van der Waals surface area contributed by atoms with E-state index in [2.05, 4.69) is 22.1 Å². The Morgan fingerprint density at radius 2 is 2.38 bits per heavy atom. The van der Waals surface area contributed by atoms with Crippen LogP contribution in [0.15, 0.2) is 30.8 Å². The first-order valence-electron chi connectivity index (χ1n) is 6.67. The summed E-state index contributed by atoms with van der Waals surface area (Å²) in [5, 5.41) is 10.6. The van der Waals surface area contributed by atoms with E-state index in [1.807, 2.05) is 6.07 Å². The summed E-state index contributed by atoms with van der Waals surface area (Å²) in [4.78, 5) is 14.1. The number of urea groups is 1. The second-order valence-electron chi connectivity index (χ2n) is 4.88. The molecule has 0 fully saturated rings. The summed E-state index contributed by atoms with van der Waals surface area (Å²) in [5.41, 5.74) is 3.62. The van der Waals surface area contributed by atoms with Crippen LogP contribution in [0.1, 0.15) is 17.0 Å². The highest BCUT2D eigenvalue weighted by Crippen LogP contribution is 2.22. The molecule has 3 rings (SSSR count). The second kappa shape index (κ2) is 5.61. The zero-order valence-corrected chi connectivity index (χ0v) is 12.2. The van der Waals surface area contributed by atoms with Crippen LogP contribution >= 0.6 is 11.6 Å². The van der Waals surface area contributed by atoms with Crippen molar-refractivity contribution in [1.29, 1.82) is 0 Å². The molecule has 6 heteroatoms. The number of carbonyl (C=O) groups is 1. The van der Waals surface area contributed by atoms with Crippen molar-refractivity contribution in [3.63, 3.8) is 0 Å². The maximum absolute atomic E-state index is 12.3. The third kappa shape index (κ3) is 2.78. The van der Waals surface area contributed by atoms with Gasteiger partial charge in [-0.05, 0) is 24.3 Å². The second-order valence-corrected chi connectivity index (χ2v) is 5.32. The van der Waals surface area contributed by atoms with E-state index in [9.17, 15) is 4.79 Å². The summed E-state index contributed by atoms with van der Waals surface area (Å²) in [7, 11) is 0. The molecule has 1 aliphatic heterocycles. The number of benzene rings is 1. The number of H-pyrrole nitrogens is 1. The molecule has 0 bridgehead atoms. The molecule has 0 radical (unpaired) electrons. The minimum absolute atomic E-state index is 0.140. The van der Waals surface area contributed by atoms with Gasteiger partial charge in [-0.3, -0.25) is 5.10 Å². The number of hydrogen-bond donors (Lipinski definition) is 2. The fraction of sp³-hybridized carbons (Fsp3) is 0.200. The van der Waals surface area contributed by atoms with Crippen molar-refractivity contribution in [3.05, 3.63) is 52.8 Å². The highest BCUT2D eigenvalue weighted by atomic mass is 35.5. The predicted octanol–water partition coefficient (Wildman–Crippen LogP) is 3.30. The van der Waals surface area contributed by atoms with E-state index in [-0.39, 0.29) is 6.03 Å². The van der Waals surface area contributed by atoms with Crippen molar-refractivity contribution in [1.82, 2.24) is 15.1 Å². The van der Waals surface area contributed by atoms with Crippen LogP contribution in [0.4, 0.5) is 10.5 Å². The number of rotatable bonds is 2. The Bertz CT molecular complexity index is 695. The average Bonchev–Trinajstić information content (AvgIpc) is 2.89. The van der Waals surface area contributed by atoms with Crippen molar-refractivity contribution in [2.75, 3.05) is 11.9 Å². The first kappa shape index (κ1) is 13.7. The maximum Gasteiger partial charge on any atom is 0.322 e. The van der Waals surface area contributed by atoms with Crippen molar-refractivity contribution in [2.24, 2.45) is 0 Å². The van der Waals surface area contributed by atoms with Crippen LogP contribution in [0.25, 0.3) is 6.08 Å². The first-order valence-corrected chi connectivity index (χ1v) is 7.05. The lowest BCUT2D eigenvalue weighted by Gasteiger charge is -2.27. The molecular weight excluding hydrogens is 288 g/mol. The van der Waals surface area contributed by atoms with E-state index in [1.165, 1.54) is 0 Å². The smallest absolute Gasteiger partial charge is 0.320 e. The van der Waals surface area contributed by atoms with Crippen LogP contribution in [0.2, 0.25) is 5.02 Å². The number of fused-ring (bicyclic) bond motifs is 1. The lowest BCUT2D eigenvalue weighted by molar-refractivity contribution is 0.206. The SMILES string of the molecule is C=Cc1n[nH]c2c1CN(C(=O)Nc1cccc(Cl)c1)CC2. The van der Waals surface area contributed by atoms with Gasteiger partial charge in [0, 0.05) is 34.9 Å². The topological polar surface area (TPSA) is 61.0 Å². The molecule has 1 aromatic heterocycles. The zero-order chi connectivity index (χ0) is 14.8. The number of carbonyl (C=O) groups excluding carboxylic acids is 1. The molecule has 2 aromatic rings. The van der Waals surface area contributed by atoms with Gasteiger partial charge in [-0.25, -0.2) is 4.79 Å². The van der Waals surface area contributed by atoms with Gasteiger partial charge in [0.15, 0.2) is 0 Å². The highest BCUT2D eigenvalue weighted by molar-refractivity contribution is 6.30. The summed E-state index contributed by atoms with van der Waals surface area (Å²) < 4.78 is 0. The van der Waals surface area contributed by atoms with Gasteiger partial charge in [-0.15, -0.1) is 0 Å². The third-order valence-electron chi connectivity index (χ3n) is 3.52. The maximum atomic E-state index is 12.3. The van der Waals surface area contributed by atoms with Crippen LogP contribution < -0.4 is 5.32 Å². The van der Waals surface area contributed by atoms with Gasteiger partial charge in [-0.1, -0.05) is 24.2 Å². The van der Waals surface area contributed by atoms with Crippen LogP contribution in [0.5, 0.6) is 0 Å². The zero-order valence-electron chi connectivity index (χ0n) is 11.4. The van der Waals surface area contributed by atoms with E-state index in [0.717, 1.165) is 23.4 Å². The van der Waals surface area contributed by atoms with Gasteiger partial charge in [0.2, 0.25) is 0 Å². The molecule has 1 aliphatic rings. The minimum Gasteiger partial charge on any atom is -0.320 e. The monoisotopic (exact) mass is 302 g/mol. The number of aromatic nitrogens is 2. The molecule has 0 saturated carbocycles. The quantitative estimate of drug-likeness (QED) is 0.894. The molecule has 2 heterocycles. The van der Waals surface area contributed by atoms with Crippen molar-refractivity contribution in [2.45, 2.75) is 13.0 Å². The van der Waals surface area contributed by atoms with E-state index >= 15 is 0 Å². The molecule has 2 N–H and O–H groups in total. The van der Waals surface area contributed by atoms with Gasteiger partial charge >= 0.3 is 6.03 Å². The van der Waals surface area contributed by atoms with Crippen LogP contribution in [-0.4, -0.2) is 27.7 Å². The Hall–Kier alpha value is -2.27. The molecule has 0 atom stereocenters. The molecule has 0 unspecified atom stereocenters. The van der Waals surface area contributed by atoms with Crippen LogP contribution in [-0.2, 0) is 13.0 Å². The molecule has 5 nitrogen and oxygen atoms in total. The molecule has 108 valence electrons. The molecule has 0 spiro atoms. The van der Waals surface area contributed by atoms with Crippen LogP contribution in [0.3, 0.4) is 0 Å². The Labute approximate surface area is 127 Å². The van der Waals surface area contributed by atoms with E-state index in [0.29, 0.717) is 23.8 Å². The van der Waals surface area contributed by atoms with Crippen molar-refractivity contribution >= 4 is 29.4 Å². The fourth-order valence-electron chi connectivity index (χ4n) is 2.43. The standard InChI is InChI=1S/C15H15ClN4O/c1-2-13-12-9-20(7-6-14(12)19-18-13)15(21)17-11-5-3-4-10(16)8-11/h2-5,8H,1,6-7,9H2,(H,17,21)(H,18,19). The minimum atomic E-state index is -0.140. The third-order valence-corrected chi connectivity index (χ3v) is 3.76.